The Hall–Kier alpha value is -0.770. The van der Waals surface area contributed by atoms with Gasteiger partial charge in [0.25, 0.3) is 0 Å². The molecule has 17 heavy (non-hydrogen) atoms. The summed E-state index contributed by atoms with van der Waals surface area (Å²) in [6.07, 6.45) is 0. The number of H-pyrrole nitrogens is 1. The van der Waals surface area contributed by atoms with Gasteiger partial charge in [0, 0.05) is 0 Å². The normalized spacial score (nSPS) is 12.3. The number of hydrogen-bond acceptors (Lipinski definition) is 2. The molecule has 1 aromatic heterocycles. The molecule has 2 rings (SSSR count). The van der Waals surface area contributed by atoms with Crippen LogP contribution < -0.4 is 5.32 Å². The molecule has 0 radical (unpaired) electrons. The maximum Gasteiger partial charge on any atom is 0.127 e. The monoisotopic (exact) mass is 271 g/mol. The highest BCUT2D eigenvalue weighted by atomic mass is 35.5. The Labute approximate surface area is 111 Å². The van der Waals surface area contributed by atoms with Crippen molar-refractivity contribution >= 4 is 34.2 Å². The van der Waals surface area contributed by atoms with Gasteiger partial charge in [-0.25, -0.2) is 4.98 Å². The zero-order valence-corrected chi connectivity index (χ0v) is 11.6. The second-order valence-electron chi connectivity index (χ2n) is 4.52. The van der Waals surface area contributed by atoms with Gasteiger partial charge in [0.15, 0.2) is 0 Å². The molecular formula is C12H15Cl2N3. The number of aromatic nitrogens is 2. The smallest absolute Gasteiger partial charge is 0.127 e. The van der Waals surface area contributed by atoms with Crippen LogP contribution >= 0.6 is 23.2 Å². The summed E-state index contributed by atoms with van der Waals surface area (Å²) in [5.41, 5.74) is 1.54. The molecule has 0 aliphatic heterocycles. The highest BCUT2D eigenvalue weighted by molar-refractivity contribution is 6.42. The van der Waals surface area contributed by atoms with Crippen molar-refractivity contribution in [2.24, 2.45) is 0 Å². The van der Waals surface area contributed by atoms with E-state index in [9.17, 15) is 0 Å². The van der Waals surface area contributed by atoms with Crippen molar-refractivity contribution < 1.29 is 0 Å². The maximum atomic E-state index is 5.98. The van der Waals surface area contributed by atoms with Crippen molar-refractivity contribution in [2.75, 3.05) is 6.54 Å². The van der Waals surface area contributed by atoms with Crippen LogP contribution in [0.1, 0.15) is 26.6 Å². The molecule has 0 atom stereocenters. The summed E-state index contributed by atoms with van der Waals surface area (Å²) < 4.78 is 0. The molecule has 0 bridgehead atoms. The number of halogens is 2. The van der Waals surface area contributed by atoms with Crippen LogP contribution in [0, 0.1) is 0 Å². The SMILES string of the molecule is CCNC(C)(C)c1nc2cc(Cl)c(Cl)cc2[nH]1. The van der Waals surface area contributed by atoms with E-state index in [1.807, 2.05) is 0 Å². The molecule has 0 unspecified atom stereocenters. The van der Waals surface area contributed by atoms with Crippen molar-refractivity contribution in [1.29, 1.82) is 0 Å². The topological polar surface area (TPSA) is 40.7 Å². The van der Waals surface area contributed by atoms with E-state index in [1.54, 1.807) is 12.1 Å². The van der Waals surface area contributed by atoms with Gasteiger partial charge >= 0.3 is 0 Å². The Bertz CT molecular complexity index is 507. The van der Waals surface area contributed by atoms with E-state index in [4.69, 9.17) is 23.2 Å². The number of nitrogens with one attached hydrogen (secondary N) is 2. The number of hydrogen-bond donors (Lipinski definition) is 2. The summed E-state index contributed by atoms with van der Waals surface area (Å²) in [6.45, 7) is 7.11. The Morgan fingerprint density at radius 3 is 2.59 bits per heavy atom. The molecule has 2 aromatic rings. The van der Waals surface area contributed by atoms with Crippen LogP contribution in [0.3, 0.4) is 0 Å². The highest BCUT2D eigenvalue weighted by Gasteiger charge is 2.23. The quantitative estimate of drug-likeness (QED) is 0.894. The van der Waals surface area contributed by atoms with Crippen LogP contribution in [0.5, 0.6) is 0 Å². The second-order valence-corrected chi connectivity index (χ2v) is 5.34. The van der Waals surface area contributed by atoms with Crippen LogP contribution in [-0.4, -0.2) is 16.5 Å². The average Bonchev–Trinajstić information content (AvgIpc) is 2.62. The van der Waals surface area contributed by atoms with Crippen molar-refractivity contribution in [2.45, 2.75) is 26.3 Å². The second kappa shape index (κ2) is 4.48. The fourth-order valence-corrected chi connectivity index (χ4v) is 2.15. The molecule has 0 saturated heterocycles. The van der Waals surface area contributed by atoms with E-state index >= 15 is 0 Å². The van der Waals surface area contributed by atoms with Gasteiger partial charge < -0.3 is 10.3 Å². The van der Waals surface area contributed by atoms with Gasteiger partial charge in [0.1, 0.15) is 5.82 Å². The zero-order chi connectivity index (χ0) is 12.6. The molecule has 5 heteroatoms. The van der Waals surface area contributed by atoms with E-state index < -0.39 is 0 Å². The number of aromatic amines is 1. The van der Waals surface area contributed by atoms with E-state index in [2.05, 4.69) is 36.1 Å². The third-order valence-electron chi connectivity index (χ3n) is 2.73. The van der Waals surface area contributed by atoms with Crippen LogP contribution in [-0.2, 0) is 5.54 Å². The van der Waals surface area contributed by atoms with Crippen LogP contribution in [0.15, 0.2) is 12.1 Å². The molecular weight excluding hydrogens is 257 g/mol. The van der Waals surface area contributed by atoms with Crippen molar-refractivity contribution in [3.63, 3.8) is 0 Å². The third kappa shape index (κ3) is 2.41. The lowest BCUT2D eigenvalue weighted by atomic mass is 10.1. The van der Waals surface area contributed by atoms with Gasteiger partial charge in [-0.15, -0.1) is 0 Å². The Morgan fingerprint density at radius 2 is 1.94 bits per heavy atom. The van der Waals surface area contributed by atoms with Crippen molar-refractivity contribution in [3.05, 3.63) is 28.0 Å². The Kier molecular flexibility index (Phi) is 3.34. The van der Waals surface area contributed by atoms with Crippen LogP contribution in [0.4, 0.5) is 0 Å². The summed E-state index contributed by atoms with van der Waals surface area (Å²) >= 11 is 11.9. The molecule has 1 aromatic carbocycles. The van der Waals surface area contributed by atoms with E-state index in [0.29, 0.717) is 10.0 Å². The minimum atomic E-state index is -0.202. The number of imidazole rings is 1. The van der Waals surface area contributed by atoms with Gasteiger partial charge in [-0.3, -0.25) is 0 Å². The van der Waals surface area contributed by atoms with Gasteiger partial charge in [0.2, 0.25) is 0 Å². The minimum absolute atomic E-state index is 0.202. The molecule has 0 amide bonds. The molecule has 0 aliphatic carbocycles. The molecule has 0 aliphatic rings. The first-order valence-electron chi connectivity index (χ1n) is 5.54. The van der Waals surface area contributed by atoms with Crippen molar-refractivity contribution in [3.8, 4) is 0 Å². The van der Waals surface area contributed by atoms with Gasteiger partial charge in [-0.1, -0.05) is 30.1 Å². The standard InChI is InChI=1S/C12H15Cl2N3/c1-4-15-12(2,3)11-16-9-5-7(13)8(14)6-10(9)17-11/h5-6,15H,4H2,1-3H3,(H,16,17). The lowest BCUT2D eigenvalue weighted by Crippen LogP contribution is -2.37. The van der Waals surface area contributed by atoms with E-state index in [1.165, 1.54) is 0 Å². The predicted octanol–water partition coefficient (Wildman–Crippen LogP) is 3.71. The summed E-state index contributed by atoms with van der Waals surface area (Å²) in [7, 11) is 0. The van der Waals surface area contributed by atoms with Crippen LogP contribution in [0.2, 0.25) is 10.0 Å². The molecule has 0 spiro atoms. The van der Waals surface area contributed by atoms with Gasteiger partial charge in [0.05, 0.1) is 26.6 Å². The molecule has 92 valence electrons. The van der Waals surface area contributed by atoms with Gasteiger partial charge in [-0.2, -0.15) is 0 Å². The Morgan fingerprint density at radius 1 is 1.29 bits per heavy atom. The molecule has 3 nitrogen and oxygen atoms in total. The van der Waals surface area contributed by atoms with Crippen LogP contribution in [0.25, 0.3) is 11.0 Å². The fourth-order valence-electron chi connectivity index (χ4n) is 1.83. The minimum Gasteiger partial charge on any atom is -0.340 e. The lowest BCUT2D eigenvalue weighted by Gasteiger charge is -2.22. The largest absolute Gasteiger partial charge is 0.340 e. The number of benzene rings is 1. The van der Waals surface area contributed by atoms with Gasteiger partial charge in [-0.05, 0) is 32.5 Å². The molecule has 2 N–H and O–H groups in total. The number of rotatable bonds is 3. The first-order chi connectivity index (χ1) is 7.94. The Balaban J connectivity index is 2.51. The summed E-state index contributed by atoms with van der Waals surface area (Å²) in [4.78, 5) is 7.82. The number of nitrogens with zero attached hydrogens (tertiary/aromatic N) is 1. The average molecular weight is 272 g/mol. The van der Waals surface area contributed by atoms with E-state index in [-0.39, 0.29) is 5.54 Å². The fraction of sp³-hybridized carbons (Fsp3) is 0.417. The number of fused-ring (bicyclic) bond motifs is 1. The molecule has 0 fully saturated rings. The predicted molar refractivity (Wildman–Crippen MR) is 72.8 cm³/mol. The highest BCUT2D eigenvalue weighted by Crippen LogP contribution is 2.28. The zero-order valence-electron chi connectivity index (χ0n) is 10.1. The first kappa shape index (κ1) is 12.7. The first-order valence-corrected chi connectivity index (χ1v) is 6.30. The summed E-state index contributed by atoms with van der Waals surface area (Å²) in [5, 5.41) is 4.43. The maximum absolute atomic E-state index is 5.98. The lowest BCUT2D eigenvalue weighted by molar-refractivity contribution is 0.395. The third-order valence-corrected chi connectivity index (χ3v) is 3.46. The molecule has 0 saturated carbocycles. The van der Waals surface area contributed by atoms with E-state index in [0.717, 1.165) is 23.4 Å². The van der Waals surface area contributed by atoms with Crippen molar-refractivity contribution in [1.82, 2.24) is 15.3 Å². The molecule has 1 heterocycles. The summed E-state index contributed by atoms with van der Waals surface area (Å²) in [6, 6.07) is 3.58. The summed E-state index contributed by atoms with van der Waals surface area (Å²) in [5.74, 6) is 0.882.